The van der Waals surface area contributed by atoms with E-state index in [1.54, 1.807) is 9.80 Å². The number of hydrogen-bond acceptors (Lipinski definition) is 3. The van der Waals surface area contributed by atoms with E-state index >= 15 is 0 Å². The highest BCUT2D eigenvalue weighted by Crippen LogP contribution is 2.32. The van der Waals surface area contributed by atoms with E-state index in [-0.39, 0.29) is 30.4 Å². The highest BCUT2D eigenvalue weighted by molar-refractivity contribution is 5.95. The lowest BCUT2D eigenvalue weighted by atomic mass is 10.1. The molecule has 17 heavy (non-hydrogen) atoms. The number of nitrogens with zero attached hydrogens (tertiary/aromatic N) is 2. The van der Waals surface area contributed by atoms with Crippen LogP contribution >= 0.6 is 0 Å². The molecule has 0 radical (unpaired) electrons. The number of rotatable bonds is 3. The first-order valence-electron chi connectivity index (χ1n) is 6.50. The van der Waals surface area contributed by atoms with Crippen LogP contribution in [0.4, 0.5) is 0 Å². The number of amides is 2. The van der Waals surface area contributed by atoms with Gasteiger partial charge in [-0.15, -0.1) is 0 Å². The lowest BCUT2D eigenvalue weighted by Gasteiger charge is -2.37. The van der Waals surface area contributed by atoms with E-state index in [0.717, 1.165) is 19.4 Å². The number of carbonyl (C=O) groups is 2. The maximum Gasteiger partial charge on any atom is 0.245 e. The van der Waals surface area contributed by atoms with Gasteiger partial charge in [0.15, 0.2) is 0 Å². The molecule has 2 unspecified atom stereocenters. The zero-order valence-electron chi connectivity index (χ0n) is 9.97. The van der Waals surface area contributed by atoms with E-state index in [4.69, 9.17) is 5.73 Å². The van der Waals surface area contributed by atoms with Crippen molar-refractivity contribution in [3.63, 3.8) is 0 Å². The van der Waals surface area contributed by atoms with Crippen molar-refractivity contribution in [1.82, 2.24) is 9.80 Å². The van der Waals surface area contributed by atoms with Crippen molar-refractivity contribution in [3.8, 4) is 0 Å². The SMILES string of the molecule is NC(CN1CC(=O)N2CCCC2C1=O)C1CC1. The quantitative estimate of drug-likeness (QED) is 0.723. The van der Waals surface area contributed by atoms with Gasteiger partial charge in [0.1, 0.15) is 6.04 Å². The molecule has 5 heteroatoms. The standard InChI is InChI=1S/C12H19N3O2/c13-9(8-3-4-8)6-14-7-11(16)15-5-1-2-10(15)12(14)17/h8-10H,1-7,13H2. The summed E-state index contributed by atoms with van der Waals surface area (Å²) in [6.07, 6.45) is 4.11. The van der Waals surface area contributed by atoms with Crippen molar-refractivity contribution >= 4 is 11.8 Å². The van der Waals surface area contributed by atoms with Gasteiger partial charge < -0.3 is 15.5 Å². The maximum atomic E-state index is 12.2. The second-order valence-corrected chi connectivity index (χ2v) is 5.47. The molecule has 94 valence electrons. The summed E-state index contributed by atoms with van der Waals surface area (Å²) in [5.74, 6) is 0.771. The van der Waals surface area contributed by atoms with E-state index in [1.165, 1.54) is 12.8 Å². The Labute approximate surface area is 101 Å². The lowest BCUT2D eigenvalue weighted by molar-refractivity contribution is -0.153. The Balaban J connectivity index is 1.68. The van der Waals surface area contributed by atoms with E-state index < -0.39 is 0 Å². The molecule has 0 aromatic rings. The Morgan fingerprint density at radius 2 is 2.06 bits per heavy atom. The molecule has 1 aliphatic carbocycles. The minimum absolute atomic E-state index is 0.0553. The van der Waals surface area contributed by atoms with Crippen LogP contribution in [0.5, 0.6) is 0 Å². The van der Waals surface area contributed by atoms with Crippen molar-refractivity contribution < 1.29 is 9.59 Å². The molecule has 0 spiro atoms. The van der Waals surface area contributed by atoms with Crippen molar-refractivity contribution in [1.29, 1.82) is 0 Å². The van der Waals surface area contributed by atoms with Crippen LogP contribution in [0.2, 0.25) is 0 Å². The van der Waals surface area contributed by atoms with Crippen molar-refractivity contribution in [3.05, 3.63) is 0 Å². The third-order valence-corrected chi connectivity index (χ3v) is 4.15. The molecule has 0 aromatic carbocycles. The molecule has 2 heterocycles. The molecule has 3 fully saturated rings. The van der Waals surface area contributed by atoms with Gasteiger partial charge in [-0.25, -0.2) is 0 Å². The first kappa shape index (κ1) is 11.0. The van der Waals surface area contributed by atoms with Crippen LogP contribution in [-0.4, -0.2) is 53.3 Å². The summed E-state index contributed by atoms with van der Waals surface area (Å²) in [6, 6.07) is -0.137. The molecule has 2 atom stereocenters. The summed E-state index contributed by atoms with van der Waals surface area (Å²) in [5.41, 5.74) is 6.04. The molecule has 2 amide bonds. The van der Waals surface area contributed by atoms with Gasteiger partial charge in [-0.05, 0) is 31.6 Å². The molecular formula is C12H19N3O2. The van der Waals surface area contributed by atoms with Crippen LogP contribution in [-0.2, 0) is 9.59 Å². The summed E-state index contributed by atoms with van der Waals surface area (Å²) in [5, 5.41) is 0. The van der Waals surface area contributed by atoms with Crippen LogP contribution in [0.3, 0.4) is 0 Å². The molecule has 5 nitrogen and oxygen atoms in total. The smallest absolute Gasteiger partial charge is 0.245 e. The molecule has 0 bridgehead atoms. The average Bonchev–Trinajstić information content (AvgIpc) is 3.03. The third kappa shape index (κ3) is 1.92. The number of piperazine rings is 1. The molecular weight excluding hydrogens is 218 g/mol. The summed E-state index contributed by atoms with van der Waals surface area (Å²) in [6.45, 7) is 1.53. The monoisotopic (exact) mass is 237 g/mol. The Hall–Kier alpha value is -1.10. The van der Waals surface area contributed by atoms with E-state index in [0.29, 0.717) is 12.5 Å². The van der Waals surface area contributed by atoms with Crippen molar-refractivity contribution in [2.24, 2.45) is 11.7 Å². The Bertz CT molecular complexity index is 354. The Morgan fingerprint density at radius 3 is 2.76 bits per heavy atom. The Morgan fingerprint density at radius 1 is 1.29 bits per heavy atom. The molecule has 3 aliphatic rings. The molecule has 0 aromatic heterocycles. The second-order valence-electron chi connectivity index (χ2n) is 5.47. The van der Waals surface area contributed by atoms with Gasteiger partial charge in [-0.2, -0.15) is 0 Å². The predicted molar refractivity (Wildman–Crippen MR) is 62.0 cm³/mol. The van der Waals surface area contributed by atoms with E-state index in [1.807, 2.05) is 0 Å². The van der Waals surface area contributed by atoms with Crippen molar-refractivity contribution in [2.45, 2.75) is 37.8 Å². The third-order valence-electron chi connectivity index (χ3n) is 4.15. The number of carbonyl (C=O) groups excluding carboxylic acids is 2. The fraction of sp³-hybridized carbons (Fsp3) is 0.833. The van der Waals surface area contributed by atoms with E-state index in [9.17, 15) is 9.59 Å². The summed E-state index contributed by atoms with van der Waals surface area (Å²) in [4.78, 5) is 27.5. The van der Waals surface area contributed by atoms with Gasteiger partial charge in [0, 0.05) is 19.1 Å². The van der Waals surface area contributed by atoms with Gasteiger partial charge in [-0.1, -0.05) is 0 Å². The first-order valence-corrected chi connectivity index (χ1v) is 6.50. The number of hydrogen-bond donors (Lipinski definition) is 1. The lowest BCUT2D eigenvalue weighted by Crippen LogP contribution is -2.59. The summed E-state index contributed by atoms with van der Waals surface area (Å²) < 4.78 is 0. The van der Waals surface area contributed by atoms with Crippen LogP contribution < -0.4 is 5.73 Å². The maximum absolute atomic E-state index is 12.2. The first-order chi connectivity index (χ1) is 8.16. The normalized spacial score (nSPS) is 30.8. The molecule has 2 N–H and O–H groups in total. The van der Waals surface area contributed by atoms with Gasteiger partial charge >= 0.3 is 0 Å². The number of fused-ring (bicyclic) bond motifs is 1. The van der Waals surface area contributed by atoms with Crippen LogP contribution in [0, 0.1) is 5.92 Å². The minimum atomic E-state index is -0.192. The Kier molecular flexibility index (Phi) is 2.58. The van der Waals surface area contributed by atoms with Crippen LogP contribution in [0.1, 0.15) is 25.7 Å². The van der Waals surface area contributed by atoms with Crippen LogP contribution in [0.15, 0.2) is 0 Å². The van der Waals surface area contributed by atoms with Crippen LogP contribution in [0.25, 0.3) is 0 Å². The van der Waals surface area contributed by atoms with Gasteiger partial charge in [0.2, 0.25) is 11.8 Å². The highest BCUT2D eigenvalue weighted by Gasteiger charge is 2.43. The zero-order valence-corrected chi connectivity index (χ0v) is 9.97. The minimum Gasteiger partial charge on any atom is -0.330 e. The average molecular weight is 237 g/mol. The summed E-state index contributed by atoms with van der Waals surface area (Å²) in [7, 11) is 0. The highest BCUT2D eigenvalue weighted by atomic mass is 16.2. The molecule has 3 rings (SSSR count). The molecule has 2 saturated heterocycles. The van der Waals surface area contributed by atoms with E-state index in [2.05, 4.69) is 0 Å². The largest absolute Gasteiger partial charge is 0.330 e. The van der Waals surface area contributed by atoms with Gasteiger partial charge in [0.05, 0.1) is 6.54 Å². The second kappa shape index (κ2) is 3.98. The summed E-state index contributed by atoms with van der Waals surface area (Å²) >= 11 is 0. The molecule has 2 aliphatic heterocycles. The fourth-order valence-corrected chi connectivity index (χ4v) is 2.95. The topological polar surface area (TPSA) is 66.6 Å². The number of nitrogens with two attached hydrogens (primary N) is 1. The van der Waals surface area contributed by atoms with Gasteiger partial charge in [0.25, 0.3) is 0 Å². The van der Waals surface area contributed by atoms with Gasteiger partial charge in [-0.3, -0.25) is 9.59 Å². The fourth-order valence-electron chi connectivity index (χ4n) is 2.95. The predicted octanol–water partition coefficient (Wildman–Crippen LogP) is -0.443. The van der Waals surface area contributed by atoms with Crippen molar-refractivity contribution in [2.75, 3.05) is 19.6 Å². The molecule has 1 saturated carbocycles. The zero-order chi connectivity index (χ0) is 12.0.